The number of piperidine rings is 1. The van der Waals surface area contributed by atoms with Crippen molar-refractivity contribution in [1.82, 2.24) is 14.9 Å². The Balaban J connectivity index is 0.000000572. The van der Waals surface area contributed by atoms with Crippen molar-refractivity contribution in [3.8, 4) is 22.8 Å². The Morgan fingerprint density at radius 1 is 1.05 bits per heavy atom. The Bertz CT molecular complexity index is 1180. The van der Waals surface area contributed by atoms with E-state index in [4.69, 9.17) is 48.1 Å². The quantitative estimate of drug-likeness (QED) is 0.402. The van der Waals surface area contributed by atoms with Crippen LogP contribution in [0.5, 0.6) is 11.5 Å². The van der Waals surface area contributed by atoms with Crippen molar-refractivity contribution >= 4 is 45.6 Å². The molecule has 2 aliphatic rings. The number of halogens is 2. The van der Waals surface area contributed by atoms with E-state index in [1.54, 1.807) is 26.5 Å². The van der Waals surface area contributed by atoms with Crippen LogP contribution in [0.15, 0.2) is 24.4 Å². The fraction of sp³-hybridized carbons (Fsp3) is 0.481. The van der Waals surface area contributed by atoms with Crippen LogP contribution >= 0.6 is 23.2 Å². The smallest absolute Gasteiger partial charge is 0.141 e. The van der Waals surface area contributed by atoms with Gasteiger partial charge in [0.1, 0.15) is 23.1 Å². The molecule has 0 saturated carbocycles. The lowest BCUT2D eigenvalue weighted by molar-refractivity contribution is 0.198. The van der Waals surface area contributed by atoms with Crippen LogP contribution in [0.4, 0.5) is 11.6 Å². The number of methoxy groups -OCH3 is 2. The minimum Gasteiger partial charge on any atom is -0.495 e. The molecule has 3 N–H and O–H groups in total. The zero-order valence-electron chi connectivity index (χ0n) is 21.7. The molecule has 200 valence electrons. The van der Waals surface area contributed by atoms with Crippen molar-refractivity contribution in [2.75, 3.05) is 65.2 Å². The Morgan fingerprint density at radius 3 is 2.27 bits per heavy atom. The molecule has 2 aliphatic heterocycles. The molecule has 10 heteroatoms. The van der Waals surface area contributed by atoms with Crippen molar-refractivity contribution in [1.29, 1.82) is 0 Å². The highest BCUT2D eigenvalue weighted by atomic mass is 35.5. The maximum absolute atomic E-state index is 6.65. The van der Waals surface area contributed by atoms with E-state index in [9.17, 15) is 0 Å². The molecule has 8 nitrogen and oxygen atoms in total. The summed E-state index contributed by atoms with van der Waals surface area (Å²) in [5, 5.41) is 6.06. The molecular formula is C27H35Cl2N5O3. The first-order valence-electron chi connectivity index (χ1n) is 12.6. The standard InChI is InChI=1S/C23H27Cl2N5O2.C4H8O/c1-30-6-4-13(5-7-30)11-28-23-15-9-19(26)27-12-14(15)8-16(29-23)20-21(24)17(31-2)10-18(32-3)22(20)25;1-2-4-5-3-1/h8-10,12-13H,4-7,11H2,1-3H3,(H2,26,27)(H,28,29);1-4H2. The summed E-state index contributed by atoms with van der Waals surface area (Å²) in [5.41, 5.74) is 7.12. The van der Waals surface area contributed by atoms with Gasteiger partial charge in [0.05, 0.1) is 30.0 Å². The molecule has 0 aliphatic carbocycles. The number of hydrogen-bond acceptors (Lipinski definition) is 8. The second-order valence-corrected chi connectivity index (χ2v) is 10.2. The van der Waals surface area contributed by atoms with Gasteiger partial charge in [-0.3, -0.25) is 0 Å². The topological polar surface area (TPSA) is 94.8 Å². The number of nitrogens with one attached hydrogen (secondary N) is 1. The largest absolute Gasteiger partial charge is 0.495 e. The highest BCUT2D eigenvalue weighted by Gasteiger charge is 2.22. The minimum absolute atomic E-state index is 0.370. The second kappa shape index (κ2) is 12.8. The number of anilines is 2. The third-order valence-corrected chi connectivity index (χ3v) is 7.54. The third kappa shape index (κ3) is 6.68. The molecule has 0 atom stereocenters. The number of nitrogen functional groups attached to an aromatic ring is 1. The first kappa shape index (κ1) is 27.5. The van der Waals surface area contributed by atoms with Crippen molar-refractivity contribution < 1.29 is 14.2 Å². The molecule has 4 heterocycles. The SMILES string of the molecule is C1CCOC1.COc1cc(OC)c(Cl)c(-c2cc3cnc(N)cc3c(NCC3CCN(C)CC3)n2)c1Cl. The molecule has 37 heavy (non-hydrogen) atoms. The van der Waals surface area contributed by atoms with Gasteiger partial charge in [-0.15, -0.1) is 0 Å². The second-order valence-electron chi connectivity index (χ2n) is 9.42. The Morgan fingerprint density at radius 2 is 1.70 bits per heavy atom. The van der Waals surface area contributed by atoms with Crippen molar-refractivity contribution in [2.24, 2.45) is 5.92 Å². The molecule has 2 aromatic heterocycles. The third-order valence-electron chi connectivity index (χ3n) is 6.79. The molecule has 2 saturated heterocycles. The first-order chi connectivity index (χ1) is 17.9. The summed E-state index contributed by atoms with van der Waals surface area (Å²) in [5.74, 6) is 2.66. The lowest BCUT2D eigenvalue weighted by Gasteiger charge is -2.29. The van der Waals surface area contributed by atoms with Gasteiger partial charge in [0.2, 0.25) is 0 Å². The molecule has 0 radical (unpaired) electrons. The molecule has 0 amide bonds. The van der Waals surface area contributed by atoms with E-state index in [0.717, 1.165) is 62.3 Å². The van der Waals surface area contributed by atoms with E-state index in [2.05, 4.69) is 22.2 Å². The molecule has 2 fully saturated rings. The molecule has 5 rings (SSSR count). The van der Waals surface area contributed by atoms with Gasteiger partial charge in [0.25, 0.3) is 0 Å². The van der Waals surface area contributed by atoms with Crippen LogP contribution in [0.1, 0.15) is 25.7 Å². The van der Waals surface area contributed by atoms with Crippen LogP contribution in [-0.4, -0.2) is 69.0 Å². The number of rotatable bonds is 6. The lowest BCUT2D eigenvalue weighted by Crippen LogP contribution is -2.33. The van der Waals surface area contributed by atoms with E-state index in [1.165, 1.54) is 12.8 Å². The number of fused-ring (bicyclic) bond motifs is 1. The number of nitrogens with zero attached hydrogens (tertiary/aromatic N) is 3. The highest BCUT2D eigenvalue weighted by molar-refractivity contribution is 6.41. The zero-order valence-corrected chi connectivity index (χ0v) is 23.2. The van der Waals surface area contributed by atoms with Gasteiger partial charge in [-0.05, 0) is 63.9 Å². The summed E-state index contributed by atoms with van der Waals surface area (Å²) in [6, 6.07) is 5.39. The normalized spacial score (nSPS) is 16.4. The van der Waals surface area contributed by atoms with Crippen LogP contribution < -0.4 is 20.5 Å². The molecule has 0 spiro atoms. The molecule has 0 unspecified atom stereocenters. The zero-order chi connectivity index (χ0) is 26.4. The minimum atomic E-state index is 0.370. The number of likely N-dealkylation sites (tertiary alicyclic amines) is 1. The van der Waals surface area contributed by atoms with Crippen LogP contribution in [0.2, 0.25) is 10.0 Å². The fourth-order valence-corrected chi connectivity index (χ4v) is 5.25. The average Bonchev–Trinajstić information content (AvgIpc) is 3.49. The maximum atomic E-state index is 6.65. The monoisotopic (exact) mass is 547 g/mol. The summed E-state index contributed by atoms with van der Waals surface area (Å²) in [4.78, 5) is 11.5. The number of ether oxygens (including phenoxy) is 3. The van der Waals surface area contributed by atoms with Gasteiger partial charge < -0.3 is 30.2 Å². The number of aromatic nitrogens is 2. The van der Waals surface area contributed by atoms with Crippen molar-refractivity contribution in [3.63, 3.8) is 0 Å². The summed E-state index contributed by atoms with van der Waals surface area (Å²) in [7, 11) is 5.26. The summed E-state index contributed by atoms with van der Waals surface area (Å²) in [6.45, 7) is 5.03. The van der Waals surface area contributed by atoms with Gasteiger partial charge >= 0.3 is 0 Å². The molecule has 0 bridgehead atoms. The highest BCUT2D eigenvalue weighted by Crippen LogP contribution is 2.46. The van der Waals surface area contributed by atoms with E-state index in [-0.39, 0.29) is 0 Å². The van der Waals surface area contributed by atoms with E-state index < -0.39 is 0 Å². The van der Waals surface area contributed by atoms with Gasteiger partial charge in [0, 0.05) is 48.4 Å². The van der Waals surface area contributed by atoms with Crippen LogP contribution in [-0.2, 0) is 4.74 Å². The maximum Gasteiger partial charge on any atom is 0.141 e. The Hall–Kier alpha value is -2.52. The van der Waals surface area contributed by atoms with E-state index in [0.29, 0.717) is 44.5 Å². The summed E-state index contributed by atoms with van der Waals surface area (Å²) >= 11 is 13.3. The predicted molar refractivity (Wildman–Crippen MR) is 151 cm³/mol. The fourth-order valence-electron chi connectivity index (χ4n) is 4.55. The predicted octanol–water partition coefficient (Wildman–Crippen LogP) is 5.75. The summed E-state index contributed by atoms with van der Waals surface area (Å²) in [6.07, 6.45) is 6.58. The number of nitrogens with two attached hydrogens (primary N) is 1. The number of hydrogen-bond donors (Lipinski definition) is 2. The van der Waals surface area contributed by atoms with E-state index in [1.807, 2.05) is 12.1 Å². The van der Waals surface area contributed by atoms with Crippen molar-refractivity contribution in [2.45, 2.75) is 25.7 Å². The van der Waals surface area contributed by atoms with Gasteiger partial charge in [-0.25, -0.2) is 9.97 Å². The van der Waals surface area contributed by atoms with Gasteiger partial charge in [0.15, 0.2) is 0 Å². The Kier molecular flexibility index (Phi) is 9.54. The van der Waals surface area contributed by atoms with Crippen LogP contribution in [0.3, 0.4) is 0 Å². The van der Waals surface area contributed by atoms with Crippen molar-refractivity contribution in [3.05, 3.63) is 34.4 Å². The van der Waals surface area contributed by atoms with Crippen LogP contribution in [0, 0.1) is 5.92 Å². The van der Waals surface area contributed by atoms with Crippen LogP contribution in [0.25, 0.3) is 22.0 Å². The van der Waals surface area contributed by atoms with Gasteiger partial charge in [-0.1, -0.05) is 23.2 Å². The molecule has 3 aromatic rings. The molecule has 1 aromatic carbocycles. The summed E-state index contributed by atoms with van der Waals surface area (Å²) < 4.78 is 15.8. The molecular weight excluding hydrogens is 513 g/mol. The Labute approximate surface area is 228 Å². The first-order valence-corrected chi connectivity index (χ1v) is 13.3. The number of benzene rings is 1. The van der Waals surface area contributed by atoms with Gasteiger partial charge in [-0.2, -0.15) is 0 Å². The lowest BCUT2D eigenvalue weighted by atomic mass is 9.97. The number of pyridine rings is 2. The van der Waals surface area contributed by atoms with E-state index >= 15 is 0 Å². The average molecular weight is 549 g/mol.